The van der Waals surface area contributed by atoms with E-state index in [4.69, 9.17) is 0 Å². The second-order valence-corrected chi connectivity index (χ2v) is 4.04. The zero-order chi connectivity index (χ0) is 12.3. The average Bonchev–Trinajstić information content (AvgIpc) is 2.39. The van der Waals surface area contributed by atoms with Gasteiger partial charge in [-0.25, -0.2) is 0 Å². The Labute approximate surface area is 101 Å². The molecule has 0 saturated carbocycles. The molecule has 0 saturated heterocycles. The third kappa shape index (κ3) is 2.41. The van der Waals surface area contributed by atoms with Gasteiger partial charge in [0.1, 0.15) is 0 Å². The van der Waals surface area contributed by atoms with Crippen LogP contribution in [-0.4, -0.2) is 10.8 Å². The van der Waals surface area contributed by atoms with Gasteiger partial charge in [-0.2, -0.15) is 0 Å². The Hall–Kier alpha value is -1.96. The summed E-state index contributed by atoms with van der Waals surface area (Å²) in [6.45, 7) is 3.91. The summed E-state index contributed by atoms with van der Waals surface area (Å²) in [5.41, 5.74) is 4.21. The second-order valence-electron chi connectivity index (χ2n) is 4.04. The van der Waals surface area contributed by atoms with Gasteiger partial charge in [0.2, 0.25) is 0 Å². The lowest BCUT2D eigenvalue weighted by Crippen LogP contribution is -1.95. The standard InChI is InChI=1S/C15H15NO/c1-3-15(17)13-6-4-12(5-7-13)14-8-9-16-10-11(14)2/h4-10H,3H2,1-2H3. The van der Waals surface area contributed by atoms with Crippen molar-refractivity contribution in [1.29, 1.82) is 0 Å². The number of hydrogen-bond donors (Lipinski definition) is 0. The first-order valence-electron chi connectivity index (χ1n) is 5.76. The normalized spacial score (nSPS) is 10.2. The lowest BCUT2D eigenvalue weighted by atomic mass is 10.00. The van der Waals surface area contributed by atoms with E-state index in [1.54, 1.807) is 6.20 Å². The van der Waals surface area contributed by atoms with Gasteiger partial charge in [0.15, 0.2) is 5.78 Å². The Kier molecular flexibility index (Phi) is 3.33. The highest BCUT2D eigenvalue weighted by atomic mass is 16.1. The maximum atomic E-state index is 11.5. The largest absolute Gasteiger partial charge is 0.294 e. The smallest absolute Gasteiger partial charge is 0.162 e. The monoisotopic (exact) mass is 225 g/mol. The van der Waals surface area contributed by atoms with E-state index in [1.807, 2.05) is 50.4 Å². The van der Waals surface area contributed by atoms with E-state index in [2.05, 4.69) is 4.98 Å². The van der Waals surface area contributed by atoms with Gasteiger partial charge in [-0.3, -0.25) is 9.78 Å². The highest BCUT2D eigenvalue weighted by Gasteiger charge is 2.04. The molecule has 0 aliphatic rings. The number of carbonyl (C=O) groups is 1. The van der Waals surface area contributed by atoms with Gasteiger partial charge in [0.25, 0.3) is 0 Å². The molecule has 0 radical (unpaired) electrons. The molecule has 2 heteroatoms. The Morgan fingerprint density at radius 2 is 1.88 bits per heavy atom. The summed E-state index contributed by atoms with van der Waals surface area (Å²) in [6.07, 6.45) is 4.18. The molecule has 0 N–H and O–H groups in total. The molecule has 1 aromatic carbocycles. The number of ketones is 1. The average molecular weight is 225 g/mol. The van der Waals surface area contributed by atoms with Crippen LogP contribution in [0.5, 0.6) is 0 Å². The number of pyridine rings is 1. The minimum atomic E-state index is 0.183. The fourth-order valence-corrected chi connectivity index (χ4v) is 1.84. The van der Waals surface area contributed by atoms with Crippen LogP contribution < -0.4 is 0 Å². The maximum absolute atomic E-state index is 11.5. The lowest BCUT2D eigenvalue weighted by Gasteiger charge is -2.06. The van der Waals surface area contributed by atoms with Crippen molar-refractivity contribution < 1.29 is 4.79 Å². The predicted molar refractivity (Wildman–Crippen MR) is 69.0 cm³/mol. The van der Waals surface area contributed by atoms with E-state index in [1.165, 1.54) is 0 Å². The van der Waals surface area contributed by atoms with Crippen LogP contribution in [-0.2, 0) is 0 Å². The molecule has 2 nitrogen and oxygen atoms in total. The van der Waals surface area contributed by atoms with E-state index < -0.39 is 0 Å². The van der Waals surface area contributed by atoms with Gasteiger partial charge in [-0.15, -0.1) is 0 Å². The van der Waals surface area contributed by atoms with Crippen LogP contribution in [0.1, 0.15) is 29.3 Å². The third-order valence-corrected chi connectivity index (χ3v) is 2.86. The molecule has 0 spiro atoms. The molecule has 0 aliphatic carbocycles. The molecule has 86 valence electrons. The Balaban J connectivity index is 2.36. The number of Topliss-reactive ketones (excluding diaryl/α,β-unsaturated/α-hetero) is 1. The van der Waals surface area contributed by atoms with Crippen LogP contribution in [0.3, 0.4) is 0 Å². The van der Waals surface area contributed by atoms with Crippen molar-refractivity contribution in [3.8, 4) is 11.1 Å². The SMILES string of the molecule is CCC(=O)c1ccc(-c2ccncc2C)cc1. The molecule has 0 bridgehead atoms. The highest BCUT2D eigenvalue weighted by Crippen LogP contribution is 2.22. The van der Waals surface area contributed by atoms with Crippen LogP contribution >= 0.6 is 0 Å². The van der Waals surface area contributed by atoms with Gasteiger partial charge in [0, 0.05) is 24.4 Å². The number of aromatic nitrogens is 1. The van der Waals surface area contributed by atoms with Crippen molar-refractivity contribution in [2.45, 2.75) is 20.3 Å². The number of aryl methyl sites for hydroxylation is 1. The number of rotatable bonds is 3. The van der Waals surface area contributed by atoms with Crippen LogP contribution in [0.25, 0.3) is 11.1 Å². The van der Waals surface area contributed by atoms with Crippen LogP contribution in [0.4, 0.5) is 0 Å². The summed E-state index contributed by atoms with van der Waals surface area (Å²) in [7, 11) is 0. The van der Waals surface area contributed by atoms with Crippen LogP contribution in [0.2, 0.25) is 0 Å². The minimum absolute atomic E-state index is 0.183. The summed E-state index contributed by atoms with van der Waals surface area (Å²) < 4.78 is 0. The fourth-order valence-electron chi connectivity index (χ4n) is 1.84. The quantitative estimate of drug-likeness (QED) is 0.746. The molecule has 0 atom stereocenters. The van der Waals surface area contributed by atoms with Gasteiger partial charge in [0.05, 0.1) is 0 Å². The molecule has 2 rings (SSSR count). The molecular weight excluding hydrogens is 210 g/mol. The summed E-state index contributed by atoms with van der Waals surface area (Å²) in [6, 6.07) is 9.75. The van der Waals surface area contributed by atoms with Crippen LogP contribution in [0.15, 0.2) is 42.7 Å². The summed E-state index contributed by atoms with van der Waals surface area (Å²) in [4.78, 5) is 15.6. The number of nitrogens with zero attached hydrogens (tertiary/aromatic N) is 1. The predicted octanol–water partition coefficient (Wildman–Crippen LogP) is 3.65. The van der Waals surface area contributed by atoms with Gasteiger partial charge < -0.3 is 0 Å². The van der Waals surface area contributed by atoms with Crippen LogP contribution in [0, 0.1) is 6.92 Å². The molecule has 17 heavy (non-hydrogen) atoms. The molecule has 0 unspecified atom stereocenters. The molecule has 0 aliphatic heterocycles. The number of benzene rings is 1. The maximum Gasteiger partial charge on any atom is 0.162 e. The van der Waals surface area contributed by atoms with Crippen molar-refractivity contribution in [1.82, 2.24) is 4.98 Å². The third-order valence-electron chi connectivity index (χ3n) is 2.86. The summed E-state index contributed by atoms with van der Waals surface area (Å²) in [5, 5.41) is 0. The topological polar surface area (TPSA) is 30.0 Å². The van der Waals surface area contributed by atoms with Crippen molar-refractivity contribution >= 4 is 5.78 Å². The minimum Gasteiger partial charge on any atom is -0.294 e. The van der Waals surface area contributed by atoms with Gasteiger partial charge in [-0.1, -0.05) is 31.2 Å². The number of carbonyl (C=O) groups excluding carboxylic acids is 1. The first-order valence-corrected chi connectivity index (χ1v) is 5.76. The lowest BCUT2D eigenvalue weighted by molar-refractivity contribution is 0.0988. The molecule has 1 heterocycles. The van der Waals surface area contributed by atoms with Gasteiger partial charge >= 0.3 is 0 Å². The fraction of sp³-hybridized carbons (Fsp3) is 0.200. The van der Waals surface area contributed by atoms with Crippen molar-refractivity contribution in [3.63, 3.8) is 0 Å². The molecular formula is C15H15NO. The molecule has 1 aromatic heterocycles. The first-order chi connectivity index (χ1) is 8.22. The van der Waals surface area contributed by atoms with E-state index in [0.29, 0.717) is 6.42 Å². The zero-order valence-electron chi connectivity index (χ0n) is 10.1. The second kappa shape index (κ2) is 4.91. The highest BCUT2D eigenvalue weighted by molar-refractivity contribution is 5.96. The van der Waals surface area contributed by atoms with E-state index in [-0.39, 0.29) is 5.78 Å². The zero-order valence-corrected chi connectivity index (χ0v) is 10.1. The van der Waals surface area contributed by atoms with E-state index in [0.717, 1.165) is 22.3 Å². The summed E-state index contributed by atoms with van der Waals surface area (Å²) >= 11 is 0. The van der Waals surface area contributed by atoms with Crippen molar-refractivity contribution in [2.75, 3.05) is 0 Å². The number of hydrogen-bond acceptors (Lipinski definition) is 2. The van der Waals surface area contributed by atoms with E-state index in [9.17, 15) is 4.79 Å². The van der Waals surface area contributed by atoms with E-state index >= 15 is 0 Å². The first kappa shape index (κ1) is 11.5. The molecule has 2 aromatic rings. The summed E-state index contributed by atoms with van der Waals surface area (Å²) in [5.74, 6) is 0.183. The van der Waals surface area contributed by atoms with Crippen molar-refractivity contribution in [2.24, 2.45) is 0 Å². The molecule has 0 fully saturated rings. The van der Waals surface area contributed by atoms with Crippen molar-refractivity contribution in [3.05, 3.63) is 53.9 Å². The Morgan fingerprint density at radius 1 is 1.18 bits per heavy atom. The molecule has 0 amide bonds. The Morgan fingerprint density at radius 3 is 2.47 bits per heavy atom. The Bertz CT molecular complexity index is 529. The van der Waals surface area contributed by atoms with Gasteiger partial charge in [-0.05, 0) is 29.7 Å².